The average molecular weight is 305 g/mol. The van der Waals surface area contributed by atoms with Gasteiger partial charge in [-0.1, -0.05) is 12.1 Å². The van der Waals surface area contributed by atoms with E-state index in [0.29, 0.717) is 5.69 Å². The SMILES string of the molecule is CC(c1cccs1)N(C)C(=O)Nc1cccc([N+](=O)[O-])c1. The second kappa shape index (κ2) is 6.36. The van der Waals surface area contributed by atoms with Crippen molar-refractivity contribution < 1.29 is 9.72 Å². The van der Waals surface area contributed by atoms with Crippen LogP contribution in [0, 0.1) is 10.1 Å². The molecule has 0 spiro atoms. The molecular formula is C14H15N3O3S. The second-order valence-electron chi connectivity index (χ2n) is 4.54. The number of amides is 2. The average Bonchev–Trinajstić information content (AvgIpc) is 3.00. The molecule has 0 bridgehead atoms. The number of thiophene rings is 1. The van der Waals surface area contributed by atoms with Crippen molar-refractivity contribution in [2.24, 2.45) is 0 Å². The van der Waals surface area contributed by atoms with Crippen LogP contribution in [0.3, 0.4) is 0 Å². The molecule has 2 amide bonds. The molecule has 0 aliphatic rings. The summed E-state index contributed by atoms with van der Waals surface area (Å²) in [6, 6.07) is 9.40. The van der Waals surface area contributed by atoms with Gasteiger partial charge in [0.05, 0.1) is 11.0 Å². The van der Waals surface area contributed by atoms with Gasteiger partial charge >= 0.3 is 6.03 Å². The van der Waals surface area contributed by atoms with Crippen LogP contribution in [0.2, 0.25) is 0 Å². The third-order valence-corrected chi connectivity index (χ3v) is 4.21. The number of rotatable bonds is 4. The Balaban J connectivity index is 2.07. The number of nitrogens with one attached hydrogen (secondary N) is 1. The van der Waals surface area contributed by atoms with E-state index in [2.05, 4.69) is 5.32 Å². The van der Waals surface area contributed by atoms with Crippen LogP contribution in [0.5, 0.6) is 0 Å². The van der Waals surface area contributed by atoms with Crippen LogP contribution in [0.25, 0.3) is 0 Å². The molecule has 1 aromatic carbocycles. The maximum atomic E-state index is 12.2. The fourth-order valence-electron chi connectivity index (χ4n) is 1.80. The summed E-state index contributed by atoms with van der Waals surface area (Å²) < 4.78 is 0. The van der Waals surface area contributed by atoms with E-state index in [1.165, 1.54) is 18.2 Å². The Morgan fingerprint density at radius 2 is 2.14 bits per heavy atom. The molecule has 6 nitrogen and oxygen atoms in total. The van der Waals surface area contributed by atoms with Crippen LogP contribution >= 0.6 is 11.3 Å². The number of carbonyl (C=O) groups is 1. The van der Waals surface area contributed by atoms with Crippen LogP contribution in [0.4, 0.5) is 16.2 Å². The van der Waals surface area contributed by atoms with Gasteiger partial charge in [0.1, 0.15) is 0 Å². The molecule has 1 aromatic heterocycles. The Morgan fingerprint density at radius 3 is 2.76 bits per heavy atom. The largest absolute Gasteiger partial charge is 0.322 e. The first-order valence-electron chi connectivity index (χ1n) is 6.30. The summed E-state index contributed by atoms with van der Waals surface area (Å²) in [7, 11) is 1.69. The molecule has 0 fully saturated rings. The minimum atomic E-state index is -0.492. The van der Waals surface area contributed by atoms with E-state index < -0.39 is 4.92 Å². The number of urea groups is 1. The standard InChI is InChI=1S/C14H15N3O3S/c1-10(13-7-4-8-21-13)16(2)14(18)15-11-5-3-6-12(9-11)17(19)20/h3-10H,1-2H3,(H,15,18). The number of nitro groups is 1. The van der Waals surface area contributed by atoms with Gasteiger partial charge in [-0.3, -0.25) is 10.1 Å². The summed E-state index contributed by atoms with van der Waals surface area (Å²) in [6.45, 7) is 1.93. The van der Waals surface area contributed by atoms with Crippen molar-refractivity contribution in [2.75, 3.05) is 12.4 Å². The van der Waals surface area contributed by atoms with Crippen molar-refractivity contribution >= 4 is 28.7 Å². The highest BCUT2D eigenvalue weighted by molar-refractivity contribution is 7.10. The Kier molecular flexibility index (Phi) is 4.54. The highest BCUT2D eigenvalue weighted by atomic mass is 32.1. The predicted molar refractivity (Wildman–Crippen MR) is 82.6 cm³/mol. The highest BCUT2D eigenvalue weighted by Crippen LogP contribution is 2.24. The quantitative estimate of drug-likeness (QED) is 0.688. The third-order valence-electron chi connectivity index (χ3n) is 3.16. The number of carbonyl (C=O) groups excluding carboxylic acids is 1. The van der Waals surface area contributed by atoms with E-state index in [1.807, 2.05) is 24.4 Å². The van der Waals surface area contributed by atoms with Crippen LogP contribution < -0.4 is 5.32 Å². The number of nitro benzene ring substituents is 1. The first-order chi connectivity index (χ1) is 9.99. The van der Waals surface area contributed by atoms with Crippen LogP contribution in [0.1, 0.15) is 17.8 Å². The molecule has 1 unspecified atom stereocenters. The molecule has 0 aliphatic carbocycles. The van der Waals surface area contributed by atoms with E-state index >= 15 is 0 Å². The Bertz CT molecular complexity index is 643. The van der Waals surface area contributed by atoms with Gasteiger partial charge in [0, 0.05) is 29.7 Å². The molecule has 0 radical (unpaired) electrons. The van der Waals surface area contributed by atoms with Gasteiger partial charge in [-0.25, -0.2) is 4.79 Å². The predicted octanol–water partition coefficient (Wildman–Crippen LogP) is 3.88. The van der Waals surface area contributed by atoms with Crippen molar-refractivity contribution in [2.45, 2.75) is 13.0 Å². The molecule has 21 heavy (non-hydrogen) atoms. The topological polar surface area (TPSA) is 75.5 Å². The van der Waals surface area contributed by atoms with E-state index in [9.17, 15) is 14.9 Å². The molecule has 2 aromatic rings. The van der Waals surface area contributed by atoms with Crippen molar-refractivity contribution in [3.63, 3.8) is 0 Å². The van der Waals surface area contributed by atoms with Crippen molar-refractivity contribution in [1.29, 1.82) is 0 Å². The highest BCUT2D eigenvalue weighted by Gasteiger charge is 2.18. The van der Waals surface area contributed by atoms with E-state index in [-0.39, 0.29) is 17.8 Å². The number of benzene rings is 1. The van der Waals surface area contributed by atoms with Crippen molar-refractivity contribution in [1.82, 2.24) is 4.90 Å². The first-order valence-corrected chi connectivity index (χ1v) is 7.18. The molecule has 1 heterocycles. The van der Waals surface area contributed by atoms with Gasteiger partial charge in [0.15, 0.2) is 0 Å². The second-order valence-corrected chi connectivity index (χ2v) is 5.52. The summed E-state index contributed by atoms with van der Waals surface area (Å²) in [5.41, 5.74) is 0.348. The summed E-state index contributed by atoms with van der Waals surface area (Å²) in [4.78, 5) is 25.0. The van der Waals surface area contributed by atoms with Gasteiger partial charge in [0.25, 0.3) is 5.69 Å². The third kappa shape index (κ3) is 3.57. The molecule has 1 N–H and O–H groups in total. The molecular weight excluding hydrogens is 290 g/mol. The minimum absolute atomic E-state index is 0.0539. The molecule has 110 valence electrons. The number of hydrogen-bond acceptors (Lipinski definition) is 4. The normalized spacial score (nSPS) is 11.7. The summed E-state index contributed by atoms with van der Waals surface area (Å²) in [5, 5.41) is 15.3. The maximum Gasteiger partial charge on any atom is 0.322 e. The van der Waals surface area contributed by atoms with Crippen LogP contribution in [0.15, 0.2) is 41.8 Å². The zero-order chi connectivity index (χ0) is 15.4. The first kappa shape index (κ1) is 15.0. The van der Waals surface area contributed by atoms with Gasteiger partial charge < -0.3 is 10.2 Å². The molecule has 7 heteroatoms. The number of hydrogen-bond donors (Lipinski definition) is 1. The van der Waals surface area contributed by atoms with E-state index in [1.54, 1.807) is 29.4 Å². The van der Waals surface area contributed by atoms with Crippen LogP contribution in [-0.2, 0) is 0 Å². The summed E-state index contributed by atoms with van der Waals surface area (Å²) in [5.74, 6) is 0. The maximum absolute atomic E-state index is 12.2. The smallest absolute Gasteiger partial charge is 0.320 e. The molecule has 0 aliphatic heterocycles. The lowest BCUT2D eigenvalue weighted by atomic mass is 10.2. The number of nitrogens with zero attached hydrogens (tertiary/aromatic N) is 2. The minimum Gasteiger partial charge on any atom is -0.320 e. The Morgan fingerprint density at radius 1 is 1.38 bits per heavy atom. The number of anilines is 1. The van der Waals surface area contributed by atoms with Crippen LogP contribution in [-0.4, -0.2) is 22.9 Å². The Labute approximate surface area is 126 Å². The summed E-state index contributed by atoms with van der Waals surface area (Å²) >= 11 is 1.58. The van der Waals surface area contributed by atoms with E-state index in [4.69, 9.17) is 0 Å². The monoisotopic (exact) mass is 305 g/mol. The van der Waals surface area contributed by atoms with Crippen molar-refractivity contribution in [3.8, 4) is 0 Å². The zero-order valence-corrected chi connectivity index (χ0v) is 12.5. The number of non-ortho nitro benzene ring substituents is 1. The van der Waals surface area contributed by atoms with E-state index in [0.717, 1.165) is 4.88 Å². The fourth-order valence-corrected chi connectivity index (χ4v) is 2.63. The van der Waals surface area contributed by atoms with Gasteiger partial charge in [-0.2, -0.15) is 0 Å². The van der Waals surface area contributed by atoms with Gasteiger partial charge in [-0.15, -0.1) is 11.3 Å². The lowest BCUT2D eigenvalue weighted by Crippen LogP contribution is -2.33. The lowest BCUT2D eigenvalue weighted by Gasteiger charge is -2.24. The van der Waals surface area contributed by atoms with Gasteiger partial charge in [-0.05, 0) is 24.4 Å². The van der Waals surface area contributed by atoms with Crippen molar-refractivity contribution in [3.05, 3.63) is 56.8 Å². The summed E-state index contributed by atoms with van der Waals surface area (Å²) in [6.07, 6.45) is 0. The Hall–Kier alpha value is -2.41. The lowest BCUT2D eigenvalue weighted by molar-refractivity contribution is -0.384. The molecule has 0 saturated heterocycles. The fraction of sp³-hybridized carbons (Fsp3) is 0.214. The molecule has 0 saturated carbocycles. The molecule has 1 atom stereocenters. The zero-order valence-electron chi connectivity index (χ0n) is 11.6. The van der Waals surface area contributed by atoms with Gasteiger partial charge in [0.2, 0.25) is 0 Å². The molecule has 2 rings (SSSR count).